The SMILES string of the molecule is CC(C)CC1(C)CC1CNC(C)C. The molecule has 1 fully saturated rings. The molecule has 78 valence electrons. The van der Waals surface area contributed by atoms with Crippen molar-refractivity contribution in [1.29, 1.82) is 0 Å². The molecule has 1 saturated carbocycles. The Balaban J connectivity index is 2.19. The van der Waals surface area contributed by atoms with E-state index in [1.165, 1.54) is 19.4 Å². The molecule has 1 heteroatoms. The van der Waals surface area contributed by atoms with Crippen LogP contribution in [0.15, 0.2) is 0 Å². The van der Waals surface area contributed by atoms with Gasteiger partial charge in [-0.05, 0) is 36.6 Å². The van der Waals surface area contributed by atoms with Gasteiger partial charge < -0.3 is 5.32 Å². The zero-order valence-corrected chi connectivity index (χ0v) is 9.85. The third-order valence-corrected chi connectivity index (χ3v) is 3.19. The van der Waals surface area contributed by atoms with E-state index in [1.807, 2.05) is 0 Å². The molecule has 0 spiro atoms. The van der Waals surface area contributed by atoms with Crippen molar-refractivity contribution in [2.24, 2.45) is 17.3 Å². The lowest BCUT2D eigenvalue weighted by atomic mass is 9.94. The molecule has 0 aliphatic heterocycles. The Hall–Kier alpha value is -0.0400. The van der Waals surface area contributed by atoms with Gasteiger partial charge in [0.2, 0.25) is 0 Å². The predicted molar refractivity (Wildman–Crippen MR) is 58.8 cm³/mol. The van der Waals surface area contributed by atoms with E-state index in [0.717, 1.165) is 11.8 Å². The highest BCUT2D eigenvalue weighted by Crippen LogP contribution is 2.55. The Morgan fingerprint density at radius 3 is 2.38 bits per heavy atom. The van der Waals surface area contributed by atoms with Gasteiger partial charge in [0.1, 0.15) is 0 Å². The summed E-state index contributed by atoms with van der Waals surface area (Å²) in [5.74, 6) is 1.80. The van der Waals surface area contributed by atoms with Crippen LogP contribution in [0.1, 0.15) is 47.5 Å². The lowest BCUT2D eigenvalue weighted by molar-refractivity contribution is 0.375. The van der Waals surface area contributed by atoms with Gasteiger partial charge in [-0.25, -0.2) is 0 Å². The molecule has 1 aliphatic carbocycles. The zero-order chi connectivity index (χ0) is 10.1. The van der Waals surface area contributed by atoms with Crippen LogP contribution in [0.4, 0.5) is 0 Å². The van der Waals surface area contributed by atoms with Crippen LogP contribution in [0.25, 0.3) is 0 Å². The molecule has 2 atom stereocenters. The first-order valence-electron chi connectivity index (χ1n) is 5.67. The molecule has 2 unspecified atom stereocenters. The molecule has 0 saturated heterocycles. The van der Waals surface area contributed by atoms with Gasteiger partial charge in [-0.1, -0.05) is 34.6 Å². The monoisotopic (exact) mass is 183 g/mol. The van der Waals surface area contributed by atoms with E-state index in [1.54, 1.807) is 0 Å². The molecule has 0 aromatic carbocycles. The molecular formula is C12H25N. The lowest BCUT2D eigenvalue weighted by Crippen LogP contribution is -2.26. The smallest absolute Gasteiger partial charge is 0.00104 e. The van der Waals surface area contributed by atoms with Crippen LogP contribution in [0.2, 0.25) is 0 Å². The first kappa shape index (κ1) is 11.0. The summed E-state index contributed by atoms with van der Waals surface area (Å²) in [7, 11) is 0. The van der Waals surface area contributed by atoms with Crippen LogP contribution >= 0.6 is 0 Å². The maximum atomic E-state index is 3.54. The predicted octanol–water partition coefficient (Wildman–Crippen LogP) is 3.06. The van der Waals surface area contributed by atoms with Crippen LogP contribution in [-0.4, -0.2) is 12.6 Å². The molecule has 0 aromatic heterocycles. The fraction of sp³-hybridized carbons (Fsp3) is 1.00. The van der Waals surface area contributed by atoms with E-state index in [0.29, 0.717) is 11.5 Å². The van der Waals surface area contributed by atoms with Crippen molar-refractivity contribution in [2.45, 2.75) is 53.5 Å². The van der Waals surface area contributed by atoms with Gasteiger partial charge in [0, 0.05) is 6.04 Å². The first-order chi connectivity index (χ1) is 5.94. The maximum absolute atomic E-state index is 3.54. The van der Waals surface area contributed by atoms with Crippen LogP contribution < -0.4 is 5.32 Å². The minimum Gasteiger partial charge on any atom is -0.314 e. The number of nitrogens with one attached hydrogen (secondary N) is 1. The molecule has 1 nitrogen and oxygen atoms in total. The lowest BCUT2D eigenvalue weighted by Gasteiger charge is -2.15. The van der Waals surface area contributed by atoms with Crippen molar-refractivity contribution in [1.82, 2.24) is 5.32 Å². The molecule has 13 heavy (non-hydrogen) atoms. The molecule has 1 rings (SSSR count). The number of rotatable bonds is 5. The fourth-order valence-electron chi connectivity index (χ4n) is 2.38. The van der Waals surface area contributed by atoms with E-state index in [-0.39, 0.29) is 0 Å². The second-order valence-corrected chi connectivity index (χ2v) is 5.72. The highest BCUT2D eigenvalue weighted by Gasteiger charge is 2.49. The summed E-state index contributed by atoms with van der Waals surface area (Å²) in [5, 5.41) is 3.54. The highest BCUT2D eigenvalue weighted by atomic mass is 14.9. The number of hydrogen-bond acceptors (Lipinski definition) is 1. The van der Waals surface area contributed by atoms with Crippen molar-refractivity contribution >= 4 is 0 Å². The summed E-state index contributed by atoms with van der Waals surface area (Å²) in [4.78, 5) is 0. The van der Waals surface area contributed by atoms with Crippen molar-refractivity contribution < 1.29 is 0 Å². The maximum Gasteiger partial charge on any atom is 0.00104 e. The molecule has 0 heterocycles. The summed E-state index contributed by atoms with van der Waals surface area (Å²) >= 11 is 0. The Kier molecular flexibility index (Phi) is 3.39. The third kappa shape index (κ3) is 3.30. The van der Waals surface area contributed by atoms with Crippen LogP contribution in [0, 0.1) is 17.3 Å². The van der Waals surface area contributed by atoms with E-state index in [4.69, 9.17) is 0 Å². The first-order valence-corrected chi connectivity index (χ1v) is 5.67. The third-order valence-electron chi connectivity index (χ3n) is 3.19. The van der Waals surface area contributed by atoms with Crippen molar-refractivity contribution in [3.63, 3.8) is 0 Å². The van der Waals surface area contributed by atoms with Gasteiger partial charge >= 0.3 is 0 Å². The molecular weight excluding hydrogens is 158 g/mol. The molecule has 1 aliphatic rings. The Labute approximate surface area is 83.3 Å². The molecule has 0 radical (unpaired) electrons. The normalized spacial score (nSPS) is 33.0. The summed E-state index contributed by atoms with van der Waals surface area (Å²) in [5.41, 5.74) is 0.663. The molecule has 0 aromatic rings. The average Bonchev–Trinajstić information content (AvgIpc) is 2.55. The van der Waals surface area contributed by atoms with E-state index < -0.39 is 0 Å². The fourth-order valence-corrected chi connectivity index (χ4v) is 2.38. The standard InChI is InChI=1S/C12H25N/c1-9(2)6-12(5)7-11(12)8-13-10(3)4/h9-11,13H,6-8H2,1-5H3. The summed E-state index contributed by atoms with van der Waals surface area (Å²) in [6, 6.07) is 0.642. The van der Waals surface area contributed by atoms with Gasteiger partial charge in [-0.2, -0.15) is 0 Å². The van der Waals surface area contributed by atoms with Gasteiger partial charge in [-0.3, -0.25) is 0 Å². The van der Waals surface area contributed by atoms with E-state index in [9.17, 15) is 0 Å². The van der Waals surface area contributed by atoms with E-state index in [2.05, 4.69) is 39.9 Å². The minimum absolute atomic E-state index is 0.642. The molecule has 0 bridgehead atoms. The van der Waals surface area contributed by atoms with Gasteiger partial charge in [-0.15, -0.1) is 0 Å². The van der Waals surface area contributed by atoms with Gasteiger partial charge in [0.25, 0.3) is 0 Å². The second kappa shape index (κ2) is 4.00. The Morgan fingerprint density at radius 2 is 1.92 bits per heavy atom. The van der Waals surface area contributed by atoms with Crippen LogP contribution in [-0.2, 0) is 0 Å². The highest BCUT2D eigenvalue weighted by molar-refractivity contribution is 5.00. The van der Waals surface area contributed by atoms with E-state index >= 15 is 0 Å². The van der Waals surface area contributed by atoms with Crippen LogP contribution in [0.3, 0.4) is 0 Å². The van der Waals surface area contributed by atoms with Crippen molar-refractivity contribution in [3.05, 3.63) is 0 Å². The molecule has 0 amide bonds. The minimum atomic E-state index is 0.642. The summed E-state index contributed by atoms with van der Waals surface area (Å²) in [6.45, 7) is 12.8. The van der Waals surface area contributed by atoms with Crippen LogP contribution in [0.5, 0.6) is 0 Å². The zero-order valence-electron chi connectivity index (χ0n) is 9.85. The topological polar surface area (TPSA) is 12.0 Å². The summed E-state index contributed by atoms with van der Waals surface area (Å²) in [6.07, 6.45) is 2.84. The van der Waals surface area contributed by atoms with Gasteiger partial charge in [0.15, 0.2) is 0 Å². The second-order valence-electron chi connectivity index (χ2n) is 5.72. The summed E-state index contributed by atoms with van der Waals surface area (Å²) < 4.78 is 0. The Morgan fingerprint density at radius 1 is 1.31 bits per heavy atom. The van der Waals surface area contributed by atoms with Crippen molar-refractivity contribution in [2.75, 3.05) is 6.54 Å². The largest absolute Gasteiger partial charge is 0.314 e. The Bertz CT molecular complexity index is 163. The van der Waals surface area contributed by atoms with Gasteiger partial charge in [0.05, 0.1) is 0 Å². The quantitative estimate of drug-likeness (QED) is 0.691. The van der Waals surface area contributed by atoms with Crippen molar-refractivity contribution in [3.8, 4) is 0 Å². The number of hydrogen-bond donors (Lipinski definition) is 1. The average molecular weight is 183 g/mol. The molecule has 1 N–H and O–H groups in total.